The molecule has 0 spiro atoms. The summed E-state index contributed by atoms with van der Waals surface area (Å²) < 4.78 is 10.6. The van der Waals surface area contributed by atoms with Crippen molar-refractivity contribution in [2.75, 3.05) is 50.5 Å². The van der Waals surface area contributed by atoms with E-state index in [0.717, 1.165) is 12.8 Å². The molecule has 3 N–H and O–H groups in total. The van der Waals surface area contributed by atoms with Gasteiger partial charge in [0.25, 0.3) is 5.91 Å². The van der Waals surface area contributed by atoms with Crippen LogP contribution >= 0.6 is 0 Å². The van der Waals surface area contributed by atoms with Crippen molar-refractivity contribution in [1.29, 1.82) is 0 Å². The number of rotatable bonds is 3. The molecule has 0 aliphatic carbocycles. The van der Waals surface area contributed by atoms with Gasteiger partial charge in [0.2, 0.25) is 5.95 Å². The number of hydrogen-bond acceptors (Lipinski definition) is 8. The third-order valence-electron chi connectivity index (χ3n) is 5.09. The number of aromatic hydroxyl groups is 1. The number of carbonyl (C=O) groups excluding carboxylic acids is 1. The fraction of sp³-hybridized carbons (Fsp3) is 0.500. The van der Waals surface area contributed by atoms with E-state index < -0.39 is 0 Å². The molecule has 0 radical (unpaired) electrons. The van der Waals surface area contributed by atoms with Gasteiger partial charge in [-0.25, -0.2) is 4.98 Å². The van der Waals surface area contributed by atoms with Crippen molar-refractivity contribution < 1.29 is 19.4 Å². The first-order chi connectivity index (χ1) is 13.1. The topological polar surface area (TPSA) is 114 Å². The normalized spacial score (nSPS) is 20.3. The first-order valence-corrected chi connectivity index (χ1v) is 9.06. The molecule has 2 aromatic rings. The molecule has 1 atom stereocenters. The number of amides is 1. The van der Waals surface area contributed by atoms with Gasteiger partial charge in [-0.1, -0.05) is 0 Å². The third kappa shape index (κ3) is 3.30. The molecule has 0 bridgehead atoms. The van der Waals surface area contributed by atoms with Crippen molar-refractivity contribution >= 4 is 28.6 Å². The Bertz CT molecular complexity index is 860. The van der Waals surface area contributed by atoms with E-state index in [4.69, 9.17) is 15.2 Å². The molecule has 1 unspecified atom stereocenters. The van der Waals surface area contributed by atoms with Gasteiger partial charge in [-0.2, -0.15) is 4.98 Å². The van der Waals surface area contributed by atoms with Crippen molar-refractivity contribution in [3.63, 3.8) is 0 Å². The van der Waals surface area contributed by atoms with E-state index in [9.17, 15) is 9.90 Å². The van der Waals surface area contributed by atoms with Crippen LogP contribution in [0.25, 0.3) is 10.9 Å². The molecule has 2 saturated heterocycles. The average molecular weight is 373 g/mol. The van der Waals surface area contributed by atoms with Crippen LogP contribution in [0.3, 0.4) is 0 Å². The third-order valence-corrected chi connectivity index (χ3v) is 5.09. The molecule has 9 nitrogen and oxygen atoms in total. The minimum Gasteiger partial charge on any atom is -0.504 e. The van der Waals surface area contributed by atoms with Gasteiger partial charge in [0.05, 0.1) is 12.6 Å². The van der Waals surface area contributed by atoms with Crippen molar-refractivity contribution in [2.45, 2.75) is 18.9 Å². The van der Waals surface area contributed by atoms with Gasteiger partial charge in [-0.3, -0.25) is 4.79 Å². The van der Waals surface area contributed by atoms with Crippen LogP contribution in [0.15, 0.2) is 12.1 Å². The molecule has 0 saturated carbocycles. The predicted molar refractivity (Wildman–Crippen MR) is 99.9 cm³/mol. The highest BCUT2D eigenvalue weighted by molar-refractivity contribution is 5.91. The molecular formula is C18H23N5O4. The Labute approximate surface area is 156 Å². The fourth-order valence-electron chi connectivity index (χ4n) is 3.56. The number of piperazine rings is 1. The molecular weight excluding hydrogens is 350 g/mol. The second-order valence-corrected chi connectivity index (χ2v) is 6.76. The Morgan fingerprint density at radius 3 is 2.74 bits per heavy atom. The van der Waals surface area contributed by atoms with Crippen molar-refractivity contribution in [3.05, 3.63) is 12.1 Å². The largest absolute Gasteiger partial charge is 0.504 e. The number of fused-ring (bicyclic) bond motifs is 1. The van der Waals surface area contributed by atoms with E-state index in [1.54, 1.807) is 6.07 Å². The lowest BCUT2D eigenvalue weighted by Crippen LogP contribution is -2.51. The molecule has 1 aromatic heterocycles. The number of carbonyl (C=O) groups is 1. The van der Waals surface area contributed by atoms with Gasteiger partial charge in [0.1, 0.15) is 11.9 Å². The predicted octanol–water partition coefficient (Wildman–Crippen LogP) is 0.754. The number of aromatic nitrogens is 2. The number of nitrogens with two attached hydrogens (primary N) is 1. The first-order valence-electron chi connectivity index (χ1n) is 9.06. The molecule has 4 rings (SSSR count). The number of benzene rings is 1. The Morgan fingerprint density at radius 2 is 2.07 bits per heavy atom. The summed E-state index contributed by atoms with van der Waals surface area (Å²) >= 11 is 0. The molecule has 1 aromatic carbocycles. The summed E-state index contributed by atoms with van der Waals surface area (Å²) in [5, 5.41) is 10.6. The lowest BCUT2D eigenvalue weighted by molar-refractivity contribution is -0.141. The molecule has 2 aliphatic rings. The van der Waals surface area contributed by atoms with E-state index in [1.807, 2.05) is 9.80 Å². The summed E-state index contributed by atoms with van der Waals surface area (Å²) in [7, 11) is 1.48. The molecule has 2 aliphatic heterocycles. The summed E-state index contributed by atoms with van der Waals surface area (Å²) in [5.74, 6) is 1.22. The number of nitrogens with zero attached hydrogens (tertiary/aromatic N) is 4. The molecule has 1 amide bonds. The highest BCUT2D eigenvalue weighted by Crippen LogP contribution is 2.33. The monoisotopic (exact) mass is 373 g/mol. The molecule has 27 heavy (non-hydrogen) atoms. The second-order valence-electron chi connectivity index (χ2n) is 6.76. The minimum absolute atomic E-state index is 0.000953. The Balaban J connectivity index is 1.51. The first kappa shape index (κ1) is 17.6. The van der Waals surface area contributed by atoms with Crippen LogP contribution in [0.5, 0.6) is 11.5 Å². The van der Waals surface area contributed by atoms with Crippen LogP contribution < -0.4 is 15.4 Å². The van der Waals surface area contributed by atoms with E-state index in [1.165, 1.54) is 13.2 Å². The SMILES string of the molecule is COc1cc2c(N)nc(N3CCN(C(=O)C4CCCO4)CC3)nc2cc1O. The fourth-order valence-corrected chi connectivity index (χ4v) is 3.56. The van der Waals surface area contributed by atoms with Crippen LogP contribution in [0.4, 0.5) is 11.8 Å². The lowest BCUT2D eigenvalue weighted by Gasteiger charge is -2.35. The molecule has 2 fully saturated rings. The van der Waals surface area contributed by atoms with Crippen LogP contribution in [-0.2, 0) is 9.53 Å². The van der Waals surface area contributed by atoms with Crippen LogP contribution in [-0.4, -0.2) is 71.9 Å². The number of ether oxygens (including phenoxy) is 2. The summed E-state index contributed by atoms with van der Waals surface area (Å²) in [6, 6.07) is 3.15. The zero-order valence-corrected chi connectivity index (χ0v) is 15.2. The van der Waals surface area contributed by atoms with Gasteiger partial charge >= 0.3 is 0 Å². The standard InChI is InChI=1S/C18H23N5O4/c1-26-15-9-11-12(10-13(15)24)20-18(21-16(11)19)23-6-4-22(5-7-23)17(25)14-3-2-8-27-14/h9-10,14,24H,2-8H2,1H3,(H2,19,20,21). The lowest BCUT2D eigenvalue weighted by atomic mass is 10.2. The van der Waals surface area contributed by atoms with E-state index in [0.29, 0.717) is 61.2 Å². The number of anilines is 2. The smallest absolute Gasteiger partial charge is 0.251 e. The van der Waals surface area contributed by atoms with Gasteiger partial charge in [0.15, 0.2) is 11.5 Å². The van der Waals surface area contributed by atoms with Crippen molar-refractivity contribution in [3.8, 4) is 11.5 Å². The number of phenolic OH excluding ortho intramolecular Hbond substituents is 1. The summed E-state index contributed by atoms with van der Waals surface area (Å²) in [5.41, 5.74) is 6.65. The van der Waals surface area contributed by atoms with E-state index in [2.05, 4.69) is 9.97 Å². The average Bonchev–Trinajstić information content (AvgIpc) is 3.22. The van der Waals surface area contributed by atoms with E-state index in [-0.39, 0.29) is 17.8 Å². The molecule has 144 valence electrons. The summed E-state index contributed by atoms with van der Waals surface area (Å²) in [6.45, 7) is 3.08. The zero-order chi connectivity index (χ0) is 19.0. The maximum atomic E-state index is 12.5. The minimum atomic E-state index is -0.290. The molecule has 9 heteroatoms. The van der Waals surface area contributed by atoms with Crippen molar-refractivity contribution in [1.82, 2.24) is 14.9 Å². The highest BCUT2D eigenvalue weighted by atomic mass is 16.5. The maximum absolute atomic E-state index is 12.5. The highest BCUT2D eigenvalue weighted by Gasteiger charge is 2.31. The summed E-state index contributed by atoms with van der Waals surface area (Å²) in [4.78, 5) is 25.2. The van der Waals surface area contributed by atoms with Gasteiger partial charge < -0.3 is 30.1 Å². The van der Waals surface area contributed by atoms with Crippen LogP contribution in [0.1, 0.15) is 12.8 Å². The van der Waals surface area contributed by atoms with Crippen LogP contribution in [0, 0.1) is 0 Å². The van der Waals surface area contributed by atoms with Gasteiger partial charge in [-0.15, -0.1) is 0 Å². The number of methoxy groups -OCH3 is 1. The number of phenols is 1. The second kappa shape index (κ2) is 7.07. The summed E-state index contributed by atoms with van der Waals surface area (Å²) in [6.07, 6.45) is 1.45. The van der Waals surface area contributed by atoms with E-state index >= 15 is 0 Å². The quantitative estimate of drug-likeness (QED) is 0.810. The van der Waals surface area contributed by atoms with Gasteiger partial charge in [-0.05, 0) is 18.9 Å². The van der Waals surface area contributed by atoms with Crippen LogP contribution in [0.2, 0.25) is 0 Å². The Kier molecular flexibility index (Phi) is 4.61. The Morgan fingerprint density at radius 1 is 1.30 bits per heavy atom. The zero-order valence-electron chi connectivity index (χ0n) is 15.2. The number of nitrogen functional groups attached to an aromatic ring is 1. The Hall–Kier alpha value is -2.81. The van der Waals surface area contributed by atoms with Gasteiger partial charge in [0, 0.05) is 44.2 Å². The number of hydrogen-bond donors (Lipinski definition) is 2. The molecule has 3 heterocycles. The maximum Gasteiger partial charge on any atom is 0.251 e. The van der Waals surface area contributed by atoms with Crippen molar-refractivity contribution in [2.24, 2.45) is 0 Å².